The van der Waals surface area contributed by atoms with Crippen molar-refractivity contribution in [2.45, 2.75) is 30.6 Å². The van der Waals surface area contributed by atoms with Crippen molar-refractivity contribution in [1.29, 1.82) is 0 Å². The number of nitrogens with one attached hydrogen (secondary N) is 1. The third kappa shape index (κ3) is 4.62. The molecule has 1 aromatic heterocycles. The van der Waals surface area contributed by atoms with Crippen molar-refractivity contribution >= 4 is 35.0 Å². The highest BCUT2D eigenvalue weighted by atomic mass is 32.2. The van der Waals surface area contributed by atoms with E-state index in [4.69, 9.17) is 4.74 Å². The predicted molar refractivity (Wildman–Crippen MR) is 123 cm³/mol. The van der Waals surface area contributed by atoms with Crippen LogP contribution in [0.1, 0.15) is 12.8 Å². The minimum atomic E-state index is -0.324. The van der Waals surface area contributed by atoms with Gasteiger partial charge in [0.25, 0.3) is 0 Å². The molecule has 10 heteroatoms. The van der Waals surface area contributed by atoms with E-state index in [9.17, 15) is 14.0 Å². The monoisotopic (exact) mass is 467 g/mol. The average molecular weight is 468 g/mol. The topological polar surface area (TPSA) is 89.4 Å². The third-order valence-electron chi connectivity index (χ3n) is 5.63. The summed E-state index contributed by atoms with van der Waals surface area (Å²) in [5.74, 6) is -0.0584. The molecule has 5 rings (SSSR count). The Morgan fingerprint density at radius 1 is 1.18 bits per heavy atom. The van der Waals surface area contributed by atoms with Gasteiger partial charge in [0, 0.05) is 12.2 Å². The smallest absolute Gasteiger partial charge is 0.244 e. The van der Waals surface area contributed by atoms with Gasteiger partial charge < -0.3 is 15.0 Å². The van der Waals surface area contributed by atoms with Gasteiger partial charge in [-0.3, -0.25) is 14.2 Å². The fraction of sp³-hybridized carbons (Fsp3) is 0.304. The normalized spacial score (nSPS) is 17.7. The Balaban J connectivity index is 1.37. The van der Waals surface area contributed by atoms with E-state index >= 15 is 0 Å². The molecule has 3 aromatic rings. The van der Waals surface area contributed by atoms with Crippen LogP contribution in [-0.2, 0) is 20.9 Å². The van der Waals surface area contributed by atoms with Crippen LogP contribution in [0, 0.1) is 5.82 Å². The first kappa shape index (κ1) is 21.6. The van der Waals surface area contributed by atoms with Crippen molar-refractivity contribution in [2.24, 2.45) is 0 Å². The van der Waals surface area contributed by atoms with Crippen LogP contribution in [0.5, 0.6) is 0 Å². The zero-order valence-corrected chi connectivity index (χ0v) is 18.6. The van der Waals surface area contributed by atoms with Crippen LogP contribution in [0.15, 0.2) is 53.7 Å². The predicted octanol–water partition coefficient (Wildman–Crippen LogP) is 3.34. The maximum Gasteiger partial charge on any atom is 0.244 e. The second-order valence-corrected chi connectivity index (χ2v) is 8.84. The van der Waals surface area contributed by atoms with Crippen LogP contribution < -0.4 is 10.2 Å². The van der Waals surface area contributed by atoms with E-state index in [1.54, 1.807) is 18.2 Å². The number of anilines is 2. The summed E-state index contributed by atoms with van der Waals surface area (Å²) in [5, 5.41) is 12.0. The fourth-order valence-corrected chi connectivity index (χ4v) is 4.85. The number of carbonyl (C=O) groups excluding carboxylic acids is 2. The maximum absolute atomic E-state index is 13.4. The first-order valence-electron chi connectivity index (χ1n) is 10.7. The van der Waals surface area contributed by atoms with E-state index in [2.05, 4.69) is 15.5 Å². The van der Waals surface area contributed by atoms with Crippen LogP contribution >= 0.6 is 11.8 Å². The highest BCUT2D eigenvalue weighted by Crippen LogP contribution is 2.31. The second-order valence-electron chi connectivity index (χ2n) is 7.89. The highest BCUT2D eigenvalue weighted by molar-refractivity contribution is 7.99. The van der Waals surface area contributed by atoms with Crippen LogP contribution in [0.4, 0.5) is 15.8 Å². The van der Waals surface area contributed by atoms with Gasteiger partial charge in [-0.25, -0.2) is 4.39 Å². The molecule has 2 aromatic carbocycles. The molecule has 0 aliphatic carbocycles. The standard InChI is InChI=1S/C23H22FN5O3S/c24-16-9-7-15(8-10-16)22-26-27-23(29(22)12-17-4-3-11-32-17)33-14-21(31)28-13-20(30)25-18-5-1-2-6-19(18)28/h1-2,5-10,17H,3-4,11-14H2,(H,25,30)/t17-/m1/s1. The summed E-state index contributed by atoms with van der Waals surface area (Å²) in [4.78, 5) is 26.6. The van der Waals surface area contributed by atoms with Crippen molar-refractivity contribution < 1.29 is 18.7 Å². The average Bonchev–Trinajstić information content (AvgIpc) is 3.48. The molecule has 3 heterocycles. The molecule has 8 nitrogen and oxygen atoms in total. The minimum absolute atomic E-state index is 0.0279. The van der Waals surface area contributed by atoms with Crippen LogP contribution in [0.2, 0.25) is 0 Å². The molecule has 0 unspecified atom stereocenters. The lowest BCUT2D eigenvalue weighted by atomic mass is 10.2. The fourth-order valence-electron chi connectivity index (χ4n) is 4.02. The summed E-state index contributed by atoms with van der Waals surface area (Å²) in [6.45, 7) is 1.24. The Morgan fingerprint density at radius 3 is 2.79 bits per heavy atom. The number of hydrogen-bond acceptors (Lipinski definition) is 6. The third-order valence-corrected chi connectivity index (χ3v) is 6.58. The molecule has 1 fully saturated rings. The maximum atomic E-state index is 13.4. The van der Waals surface area contributed by atoms with Gasteiger partial charge in [-0.05, 0) is 49.2 Å². The number of halogens is 1. The molecule has 0 bridgehead atoms. The number of thioether (sulfide) groups is 1. The molecule has 170 valence electrons. The molecule has 2 aliphatic rings. The molecule has 0 spiro atoms. The molecular formula is C23H22FN5O3S. The van der Waals surface area contributed by atoms with Crippen LogP contribution in [-0.4, -0.2) is 51.6 Å². The number of nitrogens with zero attached hydrogens (tertiary/aromatic N) is 4. The Morgan fingerprint density at radius 2 is 2.00 bits per heavy atom. The molecule has 1 atom stereocenters. The SMILES string of the molecule is O=C1CN(C(=O)CSc2nnc(-c3ccc(F)cc3)n2C[C@H]2CCCO2)c2ccccc2N1. The molecule has 0 radical (unpaired) electrons. The van der Waals surface area contributed by atoms with Gasteiger partial charge >= 0.3 is 0 Å². The molecule has 33 heavy (non-hydrogen) atoms. The van der Waals surface area contributed by atoms with Gasteiger partial charge in [-0.15, -0.1) is 10.2 Å². The zero-order valence-electron chi connectivity index (χ0n) is 17.7. The highest BCUT2D eigenvalue weighted by Gasteiger charge is 2.28. The lowest BCUT2D eigenvalue weighted by molar-refractivity contribution is -0.120. The molecule has 1 saturated heterocycles. The van der Waals surface area contributed by atoms with Crippen molar-refractivity contribution in [1.82, 2.24) is 14.8 Å². The van der Waals surface area contributed by atoms with E-state index in [1.807, 2.05) is 22.8 Å². The summed E-state index contributed by atoms with van der Waals surface area (Å²) in [6, 6.07) is 13.3. The number of para-hydroxylation sites is 2. The Labute approximate surface area is 194 Å². The van der Waals surface area contributed by atoms with Crippen LogP contribution in [0.25, 0.3) is 11.4 Å². The number of carbonyl (C=O) groups is 2. The molecule has 2 aliphatic heterocycles. The minimum Gasteiger partial charge on any atom is -0.376 e. The zero-order chi connectivity index (χ0) is 22.8. The van der Waals surface area contributed by atoms with Crippen molar-refractivity contribution in [3.05, 3.63) is 54.3 Å². The lowest BCUT2D eigenvalue weighted by Crippen LogP contribution is -2.43. The number of aromatic nitrogens is 3. The van der Waals surface area contributed by atoms with Gasteiger partial charge in [-0.2, -0.15) is 0 Å². The Hall–Kier alpha value is -3.24. The number of rotatable bonds is 6. The molecule has 2 amide bonds. The molecule has 0 saturated carbocycles. The Bertz CT molecular complexity index is 1180. The van der Waals surface area contributed by atoms with Crippen molar-refractivity contribution in [3.8, 4) is 11.4 Å². The number of ether oxygens (including phenoxy) is 1. The van der Waals surface area contributed by atoms with E-state index in [0.717, 1.165) is 25.0 Å². The summed E-state index contributed by atoms with van der Waals surface area (Å²) < 4.78 is 21.1. The molecular weight excluding hydrogens is 445 g/mol. The largest absolute Gasteiger partial charge is 0.376 e. The van der Waals surface area contributed by atoms with Crippen molar-refractivity contribution in [3.63, 3.8) is 0 Å². The van der Waals surface area contributed by atoms with E-state index < -0.39 is 0 Å². The van der Waals surface area contributed by atoms with Gasteiger partial charge in [0.1, 0.15) is 12.4 Å². The number of amides is 2. The Kier molecular flexibility index (Phi) is 6.10. The van der Waals surface area contributed by atoms with Gasteiger partial charge in [0.05, 0.1) is 29.8 Å². The van der Waals surface area contributed by atoms with E-state index in [-0.39, 0.29) is 36.0 Å². The number of benzene rings is 2. The number of hydrogen-bond donors (Lipinski definition) is 1. The first-order valence-corrected chi connectivity index (χ1v) is 11.7. The summed E-state index contributed by atoms with van der Waals surface area (Å²) in [7, 11) is 0. The van der Waals surface area contributed by atoms with Crippen LogP contribution in [0.3, 0.4) is 0 Å². The van der Waals surface area contributed by atoms with E-state index in [1.165, 1.54) is 28.8 Å². The van der Waals surface area contributed by atoms with Gasteiger partial charge in [0.15, 0.2) is 11.0 Å². The van der Waals surface area contributed by atoms with Gasteiger partial charge in [-0.1, -0.05) is 23.9 Å². The van der Waals surface area contributed by atoms with E-state index in [0.29, 0.717) is 28.9 Å². The van der Waals surface area contributed by atoms with Crippen molar-refractivity contribution in [2.75, 3.05) is 29.1 Å². The molecule has 1 N–H and O–H groups in total. The summed E-state index contributed by atoms with van der Waals surface area (Å²) in [6.07, 6.45) is 1.97. The number of fused-ring (bicyclic) bond motifs is 1. The first-order chi connectivity index (χ1) is 16.1. The second kappa shape index (κ2) is 9.32. The quantitative estimate of drug-likeness (QED) is 0.560. The summed E-state index contributed by atoms with van der Waals surface area (Å²) >= 11 is 1.26. The lowest BCUT2D eigenvalue weighted by Gasteiger charge is -2.29. The summed E-state index contributed by atoms with van der Waals surface area (Å²) in [5.41, 5.74) is 2.03. The van der Waals surface area contributed by atoms with Gasteiger partial charge in [0.2, 0.25) is 11.8 Å².